The van der Waals surface area contributed by atoms with Gasteiger partial charge in [-0.25, -0.2) is 4.79 Å². The number of azide groups is 1. The molecule has 0 bridgehead atoms. The molecule has 0 aromatic heterocycles. The number of carbonyl (C=O) groups excluding carboxylic acids is 1. The third-order valence-corrected chi connectivity index (χ3v) is 1.82. The average molecular weight is 219 g/mol. The van der Waals surface area contributed by atoms with Gasteiger partial charge in [-0.3, -0.25) is 0 Å². The van der Waals surface area contributed by atoms with Crippen LogP contribution >= 0.6 is 0 Å². The zero-order valence-electron chi connectivity index (χ0n) is 9.25. The molecule has 0 aliphatic rings. The number of esters is 1. The molecule has 0 aliphatic heterocycles. The van der Waals surface area contributed by atoms with Crippen molar-refractivity contribution in [2.75, 3.05) is 6.61 Å². The zero-order valence-corrected chi connectivity index (χ0v) is 9.25. The maximum atomic E-state index is 11.6. The molecule has 0 unspecified atom stereocenters. The predicted octanol–water partition coefficient (Wildman–Crippen LogP) is 3.44. The lowest BCUT2D eigenvalue weighted by atomic mass is 10.2. The summed E-state index contributed by atoms with van der Waals surface area (Å²) in [6.07, 6.45) is 0. The van der Waals surface area contributed by atoms with Gasteiger partial charge in [0, 0.05) is 4.91 Å². The van der Waals surface area contributed by atoms with E-state index in [1.165, 1.54) is 0 Å². The first-order valence-electron chi connectivity index (χ1n) is 4.96. The van der Waals surface area contributed by atoms with Gasteiger partial charge in [-0.1, -0.05) is 37.2 Å². The monoisotopic (exact) mass is 219 g/mol. The van der Waals surface area contributed by atoms with Gasteiger partial charge in [-0.2, -0.15) is 0 Å². The third-order valence-electron chi connectivity index (χ3n) is 1.82. The van der Waals surface area contributed by atoms with E-state index in [2.05, 4.69) is 10.0 Å². The number of carbonyl (C=O) groups is 1. The van der Waals surface area contributed by atoms with Crippen molar-refractivity contribution in [3.63, 3.8) is 0 Å². The van der Waals surface area contributed by atoms with Gasteiger partial charge in [0.25, 0.3) is 0 Å². The largest absolute Gasteiger partial charge is 0.462 e. The quantitative estimate of drug-likeness (QED) is 0.336. The highest BCUT2D eigenvalue weighted by Gasteiger charge is 2.11. The molecule has 0 radical (unpaired) electrons. The first-order chi connectivity index (χ1) is 7.65. The number of benzene rings is 1. The topological polar surface area (TPSA) is 75.1 Å². The van der Waals surface area contributed by atoms with Crippen molar-refractivity contribution in [3.8, 4) is 0 Å². The van der Waals surface area contributed by atoms with Crippen molar-refractivity contribution in [2.45, 2.75) is 13.8 Å². The molecule has 0 aliphatic carbocycles. The molecule has 0 atom stereocenters. The Kier molecular flexibility index (Phi) is 4.36. The van der Waals surface area contributed by atoms with Crippen LogP contribution in [-0.4, -0.2) is 12.6 Å². The molecule has 0 N–H and O–H groups in total. The zero-order chi connectivity index (χ0) is 12.0. The van der Waals surface area contributed by atoms with Crippen LogP contribution < -0.4 is 0 Å². The van der Waals surface area contributed by atoms with Crippen LogP contribution in [0.4, 0.5) is 5.69 Å². The second kappa shape index (κ2) is 5.78. The smallest absolute Gasteiger partial charge is 0.338 e. The Bertz CT molecular complexity index is 423. The normalized spacial score (nSPS) is 9.69. The molecule has 5 nitrogen and oxygen atoms in total. The first kappa shape index (κ1) is 12.1. The Morgan fingerprint density at radius 1 is 1.50 bits per heavy atom. The molecule has 0 spiro atoms. The van der Waals surface area contributed by atoms with E-state index in [-0.39, 0.29) is 5.92 Å². The molecule has 1 aromatic carbocycles. The van der Waals surface area contributed by atoms with Crippen molar-refractivity contribution in [1.29, 1.82) is 0 Å². The van der Waals surface area contributed by atoms with Gasteiger partial charge in [-0.15, -0.1) is 0 Å². The van der Waals surface area contributed by atoms with E-state index in [4.69, 9.17) is 10.3 Å². The van der Waals surface area contributed by atoms with E-state index >= 15 is 0 Å². The summed E-state index contributed by atoms with van der Waals surface area (Å²) < 4.78 is 5.05. The van der Waals surface area contributed by atoms with Crippen LogP contribution in [0, 0.1) is 5.92 Å². The van der Waals surface area contributed by atoms with E-state index in [1.54, 1.807) is 24.3 Å². The van der Waals surface area contributed by atoms with Crippen LogP contribution in [0.15, 0.2) is 29.4 Å². The Morgan fingerprint density at radius 2 is 2.19 bits per heavy atom. The molecule has 16 heavy (non-hydrogen) atoms. The summed E-state index contributed by atoms with van der Waals surface area (Å²) >= 11 is 0. The van der Waals surface area contributed by atoms with E-state index in [0.29, 0.717) is 17.9 Å². The maximum Gasteiger partial charge on any atom is 0.338 e. The molecule has 0 saturated heterocycles. The van der Waals surface area contributed by atoms with Gasteiger partial charge in [0.15, 0.2) is 0 Å². The van der Waals surface area contributed by atoms with Crippen molar-refractivity contribution < 1.29 is 9.53 Å². The standard InChI is InChI=1S/C11H13N3O2/c1-8(2)7-16-11(15)9-5-3-4-6-10(9)13-14-12/h3-6,8H,7H2,1-2H3. The molecule has 0 saturated carbocycles. The van der Waals surface area contributed by atoms with Gasteiger partial charge in [-0.05, 0) is 17.5 Å². The van der Waals surface area contributed by atoms with Gasteiger partial charge >= 0.3 is 5.97 Å². The van der Waals surface area contributed by atoms with E-state index in [0.717, 1.165) is 0 Å². The molecule has 84 valence electrons. The summed E-state index contributed by atoms with van der Waals surface area (Å²) in [7, 11) is 0. The lowest BCUT2D eigenvalue weighted by Crippen LogP contribution is -2.10. The minimum absolute atomic E-state index is 0.274. The molecule has 0 amide bonds. The highest BCUT2D eigenvalue weighted by Crippen LogP contribution is 2.19. The Labute approximate surface area is 93.7 Å². The van der Waals surface area contributed by atoms with Crippen molar-refractivity contribution in [3.05, 3.63) is 40.3 Å². The molecule has 0 fully saturated rings. The highest BCUT2D eigenvalue weighted by atomic mass is 16.5. The van der Waals surface area contributed by atoms with Gasteiger partial charge in [0.05, 0.1) is 17.9 Å². The third kappa shape index (κ3) is 3.29. The van der Waals surface area contributed by atoms with Crippen LogP contribution in [0.25, 0.3) is 10.4 Å². The van der Waals surface area contributed by atoms with Crippen LogP contribution in [0.3, 0.4) is 0 Å². The summed E-state index contributed by atoms with van der Waals surface area (Å²) in [5.41, 5.74) is 8.93. The fourth-order valence-electron chi connectivity index (χ4n) is 1.10. The Hall–Kier alpha value is -2.00. The molecule has 5 heteroatoms. The summed E-state index contributed by atoms with van der Waals surface area (Å²) in [6.45, 7) is 4.25. The molecule has 0 heterocycles. The summed E-state index contributed by atoms with van der Waals surface area (Å²) in [5, 5.41) is 3.43. The minimum atomic E-state index is -0.461. The predicted molar refractivity (Wildman–Crippen MR) is 60.4 cm³/mol. The van der Waals surface area contributed by atoms with Crippen LogP contribution in [0.2, 0.25) is 0 Å². The summed E-state index contributed by atoms with van der Waals surface area (Å²) in [5.74, 6) is -0.188. The molecule has 1 rings (SSSR count). The van der Waals surface area contributed by atoms with Crippen molar-refractivity contribution in [1.82, 2.24) is 0 Å². The van der Waals surface area contributed by atoms with Gasteiger partial charge < -0.3 is 4.74 Å². The van der Waals surface area contributed by atoms with Gasteiger partial charge in [0.1, 0.15) is 0 Å². The van der Waals surface area contributed by atoms with Crippen molar-refractivity contribution >= 4 is 11.7 Å². The fourth-order valence-corrected chi connectivity index (χ4v) is 1.10. The van der Waals surface area contributed by atoms with Crippen LogP contribution in [-0.2, 0) is 4.74 Å². The molecule has 1 aromatic rings. The van der Waals surface area contributed by atoms with E-state index in [9.17, 15) is 4.79 Å². The van der Waals surface area contributed by atoms with Crippen LogP contribution in [0.5, 0.6) is 0 Å². The maximum absolute atomic E-state index is 11.6. The van der Waals surface area contributed by atoms with E-state index < -0.39 is 5.97 Å². The lowest BCUT2D eigenvalue weighted by molar-refractivity contribution is 0.0460. The number of nitrogens with zero attached hydrogens (tertiary/aromatic N) is 3. The number of ether oxygens (including phenoxy) is 1. The minimum Gasteiger partial charge on any atom is -0.462 e. The van der Waals surface area contributed by atoms with Gasteiger partial charge in [0.2, 0.25) is 0 Å². The second-order valence-corrected chi connectivity index (χ2v) is 3.70. The lowest BCUT2D eigenvalue weighted by Gasteiger charge is -2.08. The average Bonchev–Trinajstić information content (AvgIpc) is 2.27. The number of hydrogen-bond donors (Lipinski definition) is 0. The SMILES string of the molecule is CC(C)COC(=O)c1ccccc1N=[N+]=[N-]. The van der Waals surface area contributed by atoms with Crippen molar-refractivity contribution in [2.24, 2.45) is 11.0 Å². The summed E-state index contributed by atoms with van der Waals surface area (Å²) in [6, 6.07) is 6.55. The number of hydrogen-bond acceptors (Lipinski definition) is 3. The fraction of sp³-hybridized carbons (Fsp3) is 0.364. The summed E-state index contributed by atoms with van der Waals surface area (Å²) in [4.78, 5) is 14.3. The Morgan fingerprint density at radius 3 is 2.81 bits per heavy atom. The second-order valence-electron chi connectivity index (χ2n) is 3.70. The van der Waals surface area contributed by atoms with E-state index in [1.807, 2.05) is 13.8 Å². The highest BCUT2D eigenvalue weighted by molar-refractivity contribution is 5.94. The van der Waals surface area contributed by atoms with Crippen LogP contribution in [0.1, 0.15) is 24.2 Å². The molecular formula is C11H13N3O2. The molecular weight excluding hydrogens is 206 g/mol. The number of rotatable bonds is 4. The first-order valence-corrected chi connectivity index (χ1v) is 4.96. The Balaban J connectivity index is 2.86.